The molecule has 0 bridgehead atoms. The van der Waals surface area contributed by atoms with E-state index in [2.05, 4.69) is 0 Å². The van der Waals surface area contributed by atoms with E-state index >= 15 is 0 Å². The molecule has 2 heterocycles. The van der Waals surface area contributed by atoms with Crippen LogP contribution in [0.25, 0.3) is 0 Å². The van der Waals surface area contributed by atoms with Gasteiger partial charge in [0.25, 0.3) is 0 Å². The molecule has 4 N–H and O–H groups in total. The van der Waals surface area contributed by atoms with Gasteiger partial charge < -0.3 is 29.9 Å². The fourth-order valence-electron chi connectivity index (χ4n) is 3.00. The molecule has 0 saturated carbocycles. The van der Waals surface area contributed by atoms with Crippen molar-refractivity contribution in [3.63, 3.8) is 0 Å². The van der Waals surface area contributed by atoms with Gasteiger partial charge in [-0.25, -0.2) is 0 Å². The number of phenolic OH excluding ortho intramolecular Hbond substituents is 4. The number of fused-ring (bicyclic) bond motifs is 4. The smallest absolute Gasteiger partial charge is 0.203 e. The van der Waals surface area contributed by atoms with Crippen molar-refractivity contribution in [3.05, 3.63) is 41.0 Å². The third-order valence-electron chi connectivity index (χ3n) is 4.06. The van der Waals surface area contributed by atoms with Crippen molar-refractivity contribution >= 4 is 5.78 Å². The van der Waals surface area contributed by atoms with Gasteiger partial charge in [-0.05, 0) is 17.7 Å². The fourth-order valence-corrected chi connectivity index (χ4v) is 3.00. The van der Waals surface area contributed by atoms with E-state index in [-0.39, 0.29) is 40.9 Å². The number of phenols is 4. The number of carbonyl (C=O) groups excluding carboxylic acids is 1. The summed E-state index contributed by atoms with van der Waals surface area (Å²) in [4.78, 5) is 12.6. The number of ether oxygens (including phenoxy) is 2. The number of hydrogen-bond acceptors (Lipinski definition) is 7. The number of hydrogen-bond donors (Lipinski definition) is 4. The van der Waals surface area contributed by atoms with Gasteiger partial charge in [-0.3, -0.25) is 4.79 Å². The summed E-state index contributed by atoms with van der Waals surface area (Å²) in [6.07, 6.45) is -1.82. The Balaban J connectivity index is 1.87. The maximum atomic E-state index is 12.6. The van der Waals surface area contributed by atoms with E-state index in [1.165, 1.54) is 18.2 Å². The third-order valence-corrected chi connectivity index (χ3v) is 4.06. The highest BCUT2D eigenvalue weighted by Crippen LogP contribution is 2.46. The predicted octanol–water partition coefficient (Wildman–Crippen LogP) is 1.72. The van der Waals surface area contributed by atoms with Crippen molar-refractivity contribution < 1.29 is 34.7 Å². The minimum Gasteiger partial charge on any atom is -0.508 e. The lowest BCUT2D eigenvalue weighted by Crippen LogP contribution is -2.41. The van der Waals surface area contributed by atoms with E-state index < -0.39 is 18.0 Å². The molecular weight excluding hydrogens is 304 g/mol. The van der Waals surface area contributed by atoms with Crippen LogP contribution in [0.4, 0.5) is 0 Å². The molecule has 2 aromatic rings. The highest BCUT2D eigenvalue weighted by atomic mass is 16.6. The van der Waals surface area contributed by atoms with Crippen LogP contribution in [0.2, 0.25) is 0 Å². The van der Waals surface area contributed by atoms with E-state index in [0.717, 1.165) is 6.07 Å². The first-order valence-corrected chi connectivity index (χ1v) is 6.89. The zero-order chi connectivity index (χ0) is 16.3. The zero-order valence-corrected chi connectivity index (χ0v) is 11.7. The molecule has 0 aliphatic carbocycles. The molecule has 2 aromatic carbocycles. The lowest BCUT2D eigenvalue weighted by atomic mass is 9.88. The van der Waals surface area contributed by atoms with Crippen LogP contribution in [0.15, 0.2) is 24.3 Å². The Morgan fingerprint density at radius 1 is 0.913 bits per heavy atom. The molecule has 118 valence electrons. The molecule has 7 heteroatoms. The molecule has 4 rings (SSSR count). The number of aromatic hydroxyl groups is 4. The molecular formula is C16H12O7. The van der Waals surface area contributed by atoms with Crippen molar-refractivity contribution in [1.82, 2.24) is 0 Å². The van der Waals surface area contributed by atoms with E-state index in [4.69, 9.17) is 9.47 Å². The molecule has 0 radical (unpaired) electrons. The summed E-state index contributed by atoms with van der Waals surface area (Å²) in [5, 5.41) is 38.7. The van der Waals surface area contributed by atoms with Gasteiger partial charge in [0, 0.05) is 17.7 Å². The van der Waals surface area contributed by atoms with Gasteiger partial charge in [-0.2, -0.15) is 0 Å². The molecule has 7 nitrogen and oxygen atoms in total. The first kappa shape index (κ1) is 13.7. The third kappa shape index (κ3) is 1.90. The Kier molecular flexibility index (Phi) is 2.70. The van der Waals surface area contributed by atoms with Gasteiger partial charge in [-0.15, -0.1) is 0 Å². The lowest BCUT2D eigenvalue weighted by molar-refractivity contribution is -0.0427. The van der Waals surface area contributed by atoms with E-state index in [9.17, 15) is 25.2 Å². The predicted molar refractivity (Wildman–Crippen MR) is 75.8 cm³/mol. The molecule has 0 saturated heterocycles. The molecule has 0 amide bonds. The Bertz CT molecular complexity index is 843. The zero-order valence-electron chi connectivity index (χ0n) is 11.7. The van der Waals surface area contributed by atoms with Crippen LogP contribution in [0.1, 0.15) is 27.6 Å². The number of Topliss-reactive ketones (excluding diaryl/α,β-unsaturated/α-hetero) is 1. The summed E-state index contributed by atoms with van der Waals surface area (Å²) in [5.41, 5.74) is 1.05. The van der Waals surface area contributed by atoms with Gasteiger partial charge in [-0.1, -0.05) is 0 Å². The van der Waals surface area contributed by atoms with Crippen molar-refractivity contribution in [3.8, 4) is 28.7 Å². The summed E-state index contributed by atoms with van der Waals surface area (Å²) in [6, 6.07) is 4.97. The van der Waals surface area contributed by atoms with Crippen molar-refractivity contribution in [2.24, 2.45) is 0 Å². The molecule has 2 unspecified atom stereocenters. The number of carbonyl (C=O) groups is 1. The minimum absolute atomic E-state index is 0.0396. The van der Waals surface area contributed by atoms with E-state index in [0.29, 0.717) is 11.1 Å². The summed E-state index contributed by atoms with van der Waals surface area (Å²) < 4.78 is 11.2. The van der Waals surface area contributed by atoms with Crippen LogP contribution >= 0.6 is 0 Å². The van der Waals surface area contributed by atoms with Crippen LogP contribution < -0.4 is 4.74 Å². The largest absolute Gasteiger partial charge is 0.508 e. The monoisotopic (exact) mass is 316 g/mol. The quantitative estimate of drug-likeness (QED) is 0.547. The normalized spacial score (nSPS) is 21.8. The maximum Gasteiger partial charge on any atom is 0.203 e. The lowest BCUT2D eigenvalue weighted by Gasteiger charge is -2.37. The van der Waals surface area contributed by atoms with Crippen molar-refractivity contribution in [1.29, 1.82) is 0 Å². The second-order valence-electron chi connectivity index (χ2n) is 5.51. The SMILES string of the molecule is O=C1c2c(O)cc(O)cc2OC2c3cc(O)c(O)cc3COC12. The molecule has 2 aliphatic rings. The number of rotatable bonds is 0. The second-order valence-corrected chi connectivity index (χ2v) is 5.51. The average molecular weight is 316 g/mol. The van der Waals surface area contributed by atoms with Crippen molar-refractivity contribution in [2.45, 2.75) is 18.8 Å². The first-order valence-electron chi connectivity index (χ1n) is 6.89. The van der Waals surface area contributed by atoms with Crippen LogP contribution in [-0.4, -0.2) is 32.3 Å². The summed E-state index contributed by atoms with van der Waals surface area (Å²) in [6.45, 7) is 0.0631. The Labute approximate surface area is 130 Å². The van der Waals surface area contributed by atoms with Crippen LogP contribution in [-0.2, 0) is 11.3 Å². The van der Waals surface area contributed by atoms with Gasteiger partial charge in [0.15, 0.2) is 23.7 Å². The molecule has 0 aromatic heterocycles. The molecule has 23 heavy (non-hydrogen) atoms. The fraction of sp³-hybridized carbons (Fsp3) is 0.188. The Hall–Kier alpha value is -2.93. The van der Waals surface area contributed by atoms with Gasteiger partial charge in [0.2, 0.25) is 5.78 Å². The van der Waals surface area contributed by atoms with Crippen LogP contribution in [0.3, 0.4) is 0 Å². The Morgan fingerprint density at radius 3 is 2.43 bits per heavy atom. The number of ketones is 1. The highest BCUT2D eigenvalue weighted by Gasteiger charge is 2.44. The summed E-state index contributed by atoms with van der Waals surface area (Å²) in [5.74, 6) is -1.66. The maximum absolute atomic E-state index is 12.6. The molecule has 2 aliphatic heterocycles. The average Bonchev–Trinajstić information content (AvgIpc) is 2.48. The second kappa shape index (κ2) is 4.53. The number of benzene rings is 2. The Morgan fingerprint density at radius 2 is 1.65 bits per heavy atom. The van der Waals surface area contributed by atoms with Crippen LogP contribution in [0, 0.1) is 0 Å². The highest BCUT2D eigenvalue weighted by molar-refractivity contribution is 6.06. The van der Waals surface area contributed by atoms with E-state index in [1.54, 1.807) is 0 Å². The minimum atomic E-state index is -0.977. The van der Waals surface area contributed by atoms with Gasteiger partial charge >= 0.3 is 0 Å². The first-order chi connectivity index (χ1) is 11.0. The topological polar surface area (TPSA) is 116 Å². The summed E-state index contributed by atoms with van der Waals surface area (Å²) in [7, 11) is 0. The van der Waals surface area contributed by atoms with Crippen LogP contribution in [0.5, 0.6) is 28.7 Å². The van der Waals surface area contributed by atoms with Gasteiger partial charge in [0.1, 0.15) is 22.8 Å². The van der Waals surface area contributed by atoms with Gasteiger partial charge in [0.05, 0.1) is 6.61 Å². The molecule has 0 spiro atoms. The standard InChI is InChI=1S/C16H12O7/c17-7-2-11(20)13-12(3-7)23-15-8-4-10(19)9(18)1-6(8)5-22-16(15)14(13)21/h1-4,15-20H,5H2. The molecule has 0 fully saturated rings. The van der Waals surface area contributed by atoms with E-state index in [1.807, 2.05) is 0 Å². The summed E-state index contributed by atoms with van der Waals surface area (Å²) >= 11 is 0. The van der Waals surface area contributed by atoms with Crippen molar-refractivity contribution in [2.75, 3.05) is 0 Å². The molecule has 2 atom stereocenters.